The van der Waals surface area contributed by atoms with Crippen molar-refractivity contribution >= 4 is 35.1 Å². The van der Waals surface area contributed by atoms with Crippen molar-refractivity contribution in [2.45, 2.75) is 6.42 Å². The molecule has 0 spiro atoms. The average molecular weight is 414 g/mol. The van der Waals surface area contributed by atoms with Crippen LogP contribution in [-0.2, 0) is 19.1 Å². The highest BCUT2D eigenvalue weighted by Gasteiger charge is 2.35. The minimum absolute atomic E-state index is 0.0482. The molecule has 1 heterocycles. The highest BCUT2D eigenvalue weighted by atomic mass is 19.1. The molecule has 0 saturated carbocycles. The Hall–Kier alpha value is -3.75. The number of hydrogen-bond donors (Lipinski definition) is 1. The predicted octanol–water partition coefficient (Wildman–Crippen LogP) is 2.39. The second-order valence-corrected chi connectivity index (χ2v) is 6.61. The van der Waals surface area contributed by atoms with Crippen molar-refractivity contribution in [3.8, 4) is 0 Å². The second kappa shape index (κ2) is 8.73. The van der Waals surface area contributed by atoms with Crippen molar-refractivity contribution in [3.05, 3.63) is 59.4 Å². The molecular weight excluding hydrogens is 395 g/mol. The summed E-state index contributed by atoms with van der Waals surface area (Å²) in [6, 6.07) is 9.42. The molecule has 1 saturated heterocycles. The minimum atomic E-state index is -0.699. The van der Waals surface area contributed by atoms with Gasteiger partial charge in [-0.05, 0) is 42.5 Å². The van der Waals surface area contributed by atoms with Crippen LogP contribution in [0.15, 0.2) is 42.5 Å². The van der Waals surface area contributed by atoms with Crippen molar-refractivity contribution in [3.63, 3.8) is 0 Å². The van der Waals surface area contributed by atoms with E-state index >= 15 is 0 Å². The number of halogens is 1. The number of methoxy groups -OCH3 is 2. The Morgan fingerprint density at radius 3 is 2.33 bits per heavy atom. The maximum absolute atomic E-state index is 13.1. The number of carbonyl (C=O) groups is 4. The average Bonchev–Trinajstić information content (AvgIpc) is 3.14. The summed E-state index contributed by atoms with van der Waals surface area (Å²) in [4.78, 5) is 50.4. The third kappa shape index (κ3) is 4.29. The fraction of sp³-hybridized carbons (Fsp3) is 0.238. The van der Waals surface area contributed by atoms with E-state index in [9.17, 15) is 23.6 Å². The zero-order chi connectivity index (χ0) is 21.8. The van der Waals surface area contributed by atoms with Crippen molar-refractivity contribution in [2.24, 2.45) is 5.92 Å². The fourth-order valence-corrected chi connectivity index (χ4v) is 3.17. The second-order valence-electron chi connectivity index (χ2n) is 6.61. The van der Waals surface area contributed by atoms with Gasteiger partial charge in [-0.15, -0.1) is 0 Å². The molecule has 1 aliphatic heterocycles. The van der Waals surface area contributed by atoms with E-state index in [4.69, 9.17) is 4.74 Å². The van der Waals surface area contributed by atoms with Crippen molar-refractivity contribution < 1.29 is 33.0 Å². The Morgan fingerprint density at radius 1 is 1.03 bits per heavy atom. The summed E-state index contributed by atoms with van der Waals surface area (Å²) in [7, 11) is 2.40. The molecule has 3 rings (SSSR count). The lowest BCUT2D eigenvalue weighted by molar-refractivity contribution is -0.122. The molecule has 9 heteroatoms. The quantitative estimate of drug-likeness (QED) is 0.754. The van der Waals surface area contributed by atoms with Crippen molar-refractivity contribution in [1.82, 2.24) is 0 Å². The molecule has 1 aliphatic rings. The SMILES string of the molecule is COC(=O)c1ccc(C(=O)OC)c(NC(=O)C2CC(=O)N(c3ccc(F)cc3)C2)c1. The lowest BCUT2D eigenvalue weighted by Gasteiger charge is -2.17. The number of anilines is 2. The molecule has 1 N–H and O–H groups in total. The number of carbonyl (C=O) groups excluding carboxylic acids is 4. The lowest BCUT2D eigenvalue weighted by atomic mass is 10.1. The maximum Gasteiger partial charge on any atom is 0.339 e. The number of nitrogens with zero attached hydrogens (tertiary/aromatic N) is 1. The molecule has 8 nitrogen and oxygen atoms in total. The maximum atomic E-state index is 13.1. The first-order chi connectivity index (χ1) is 14.3. The number of rotatable bonds is 5. The third-order valence-electron chi connectivity index (χ3n) is 4.74. The van der Waals surface area contributed by atoms with E-state index in [0.29, 0.717) is 5.69 Å². The Morgan fingerprint density at radius 2 is 1.70 bits per heavy atom. The van der Waals surface area contributed by atoms with Gasteiger partial charge in [0, 0.05) is 18.7 Å². The van der Waals surface area contributed by atoms with Gasteiger partial charge in [-0.2, -0.15) is 0 Å². The molecule has 0 aromatic heterocycles. The van der Waals surface area contributed by atoms with Crippen molar-refractivity contribution in [1.29, 1.82) is 0 Å². The van der Waals surface area contributed by atoms with E-state index in [1.165, 1.54) is 61.6 Å². The zero-order valence-corrected chi connectivity index (χ0v) is 16.3. The van der Waals surface area contributed by atoms with Crippen LogP contribution in [0.1, 0.15) is 27.1 Å². The van der Waals surface area contributed by atoms with Crippen LogP contribution in [0.25, 0.3) is 0 Å². The fourth-order valence-electron chi connectivity index (χ4n) is 3.17. The van der Waals surface area contributed by atoms with E-state index in [1.54, 1.807) is 0 Å². The van der Waals surface area contributed by atoms with Crippen molar-refractivity contribution in [2.75, 3.05) is 31.0 Å². The molecule has 0 radical (unpaired) electrons. The number of amides is 2. The smallest absolute Gasteiger partial charge is 0.339 e. The molecule has 1 atom stereocenters. The van der Waals surface area contributed by atoms with Crippen LogP contribution in [0.5, 0.6) is 0 Å². The van der Waals surface area contributed by atoms with Gasteiger partial charge in [0.1, 0.15) is 5.82 Å². The normalized spacial score (nSPS) is 15.6. The van der Waals surface area contributed by atoms with Gasteiger partial charge in [-0.1, -0.05) is 0 Å². The van der Waals surface area contributed by atoms with E-state index in [2.05, 4.69) is 10.1 Å². The summed E-state index contributed by atoms with van der Waals surface area (Å²) >= 11 is 0. The van der Waals surface area contributed by atoms with Gasteiger partial charge in [0.05, 0.1) is 37.0 Å². The molecule has 1 unspecified atom stereocenters. The highest BCUT2D eigenvalue weighted by molar-refractivity contribution is 6.07. The van der Waals surface area contributed by atoms with Crippen LogP contribution < -0.4 is 10.2 Å². The zero-order valence-electron chi connectivity index (χ0n) is 16.3. The molecule has 1 fully saturated rings. The summed E-state index contributed by atoms with van der Waals surface area (Å²) in [5.41, 5.74) is 0.746. The standard InChI is InChI=1S/C21H19FN2O6/c1-29-20(27)12-3-8-16(21(28)30-2)17(9-12)23-19(26)13-10-18(25)24(11-13)15-6-4-14(22)5-7-15/h3-9,13H,10-11H2,1-2H3,(H,23,26). The van der Waals surface area contributed by atoms with Gasteiger partial charge >= 0.3 is 11.9 Å². The summed E-state index contributed by atoms with van der Waals surface area (Å²) < 4.78 is 22.5. The number of hydrogen-bond acceptors (Lipinski definition) is 6. The molecule has 0 aliphatic carbocycles. The molecule has 156 valence electrons. The summed E-state index contributed by atoms with van der Waals surface area (Å²) in [6.45, 7) is 0.0978. The molecule has 30 heavy (non-hydrogen) atoms. The van der Waals surface area contributed by atoms with Gasteiger partial charge in [0.25, 0.3) is 0 Å². The van der Waals surface area contributed by atoms with Crippen LogP contribution in [-0.4, -0.2) is 44.5 Å². The monoisotopic (exact) mass is 414 g/mol. The molecule has 2 aromatic rings. The van der Waals surface area contributed by atoms with Crippen LogP contribution >= 0.6 is 0 Å². The van der Waals surface area contributed by atoms with Crippen LogP contribution in [0.4, 0.5) is 15.8 Å². The Bertz CT molecular complexity index is 1010. The van der Waals surface area contributed by atoms with Crippen LogP contribution in [0.2, 0.25) is 0 Å². The number of benzene rings is 2. The van der Waals surface area contributed by atoms with Crippen LogP contribution in [0.3, 0.4) is 0 Å². The lowest BCUT2D eigenvalue weighted by Crippen LogP contribution is -2.28. The first-order valence-electron chi connectivity index (χ1n) is 9.01. The summed E-state index contributed by atoms with van der Waals surface area (Å²) in [5.74, 6) is -3.24. The summed E-state index contributed by atoms with van der Waals surface area (Å²) in [6.07, 6.45) is -0.0482. The van der Waals surface area contributed by atoms with Gasteiger partial charge in [0.2, 0.25) is 11.8 Å². The van der Waals surface area contributed by atoms with E-state index in [-0.39, 0.29) is 35.7 Å². The minimum Gasteiger partial charge on any atom is -0.465 e. The molecule has 2 aromatic carbocycles. The Balaban J connectivity index is 1.81. The first kappa shape index (κ1) is 21.0. The molecule has 0 bridgehead atoms. The number of nitrogens with one attached hydrogen (secondary N) is 1. The van der Waals surface area contributed by atoms with E-state index < -0.39 is 29.6 Å². The van der Waals surface area contributed by atoms with Crippen LogP contribution in [0, 0.1) is 11.7 Å². The Kier molecular flexibility index (Phi) is 6.10. The number of ether oxygens (including phenoxy) is 2. The van der Waals surface area contributed by atoms with Gasteiger partial charge in [-0.25, -0.2) is 14.0 Å². The Labute approximate surface area is 171 Å². The highest BCUT2D eigenvalue weighted by Crippen LogP contribution is 2.27. The predicted molar refractivity (Wildman–Crippen MR) is 105 cm³/mol. The third-order valence-corrected chi connectivity index (χ3v) is 4.74. The van der Waals surface area contributed by atoms with E-state index in [1.807, 2.05) is 0 Å². The number of esters is 2. The van der Waals surface area contributed by atoms with Gasteiger partial charge in [-0.3, -0.25) is 9.59 Å². The largest absolute Gasteiger partial charge is 0.465 e. The topological polar surface area (TPSA) is 102 Å². The van der Waals surface area contributed by atoms with Gasteiger partial charge in [0.15, 0.2) is 0 Å². The first-order valence-corrected chi connectivity index (χ1v) is 9.01. The van der Waals surface area contributed by atoms with E-state index in [0.717, 1.165) is 0 Å². The molecular formula is C21H19FN2O6. The molecule has 2 amide bonds. The summed E-state index contributed by atoms with van der Waals surface area (Å²) in [5, 5.41) is 2.60. The van der Waals surface area contributed by atoms with Gasteiger partial charge < -0.3 is 19.7 Å².